The average Bonchev–Trinajstić information content (AvgIpc) is 2.75. The fourth-order valence-electron chi connectivity index (χ4n) is 2.20. The van der Waals surface area contributed by atoms with Gasteiger partial charge in [0.25, 0.3) is 0 Å². The lowest BCUT2D eigenvalue weighted by molar-refractivity contribution is 0.387. The number of halogens is 2. The number of hydrogen-bond donors (Lipinski definition) is 0. The van der Waals surface area contributed by atoms with Crippen molar-refractivity contribution in [3.63, 3.8) is 0 Å². The third-order valence-corrected chi connectivity index (χ3v) is 4.06. The Morgan fingerprint density at radius 1 is 1.53 bits per heavy atom. The molecule has 1 aromatic carbocycles. The van der Waals surface area contributed by atoms with E-state index in [1.165, 1.54) is 13.2 Å². The summed E-state index contributed by atoms with van der Waals surface area (Å²) in [6, 6.07) is 3.32. The predicted octanol–water partition coefficient (Wildman–Crippen LogP) is 3.85. The van der Waals surface area contributed by atoms with Crippen LogP contribution in [0.25, 0.3) is 11.0 Å². The number of thioether (sulfide) groups is 1. The minimum Gasteiger partial charge on any atom is -0.494 e. The number of nitrogens with zero attached hydrogens (tertiary/aromatic N) is 2. The number of alkyl halides is 1. The lowest BCUT2D eigenvalue weighted by atomic mass is 10.2. The monoisotopic (exact) mass is 302 g/mol. The first-order valence-corrected chi connectivity index (χ1v) is 7.84. The number of benzene rings is 1. The molecule has 6 heteroatoms. The van der Waals surface area contributed by atoms with Crippen LogP contribution in [-0.2, 0) is 5.88 Å². The van der Waals surface area contributed by atoms with Crippen LogP contribution in [0.3, 0.4) is 0 Å². The number of methoxy groups -OCH3 is 1. The fraction of sp³-hybridized carbons (Fsp3) is 0.462. The zero-order valence-electron chi connectivity index (χ0n) is 11.1. The van der Waals surface area contributed by atoms with Crippen LogP contribution in [0.5, 0.6) is 5.75 Å². The molecule has 1 atom stereocenters. The van der Waals surface area contributed by atoms with E-state index in [0.717, 1.165) is 17.1 Å². The number of imidazole rings is 1. The van der Waals surface area contributed by atoms with Crippen molar-refractivity contribution in [2.24, 2.45) is 0 Å². The summed E-state index contributed by atoms with van der Waals surface area (Å²) in [6.45, 7) is 2.10. The van der Waals surface area contributed by atoms with E-state index in [1.54, 1.807) is 17.8 Å². The Hall–Kier alpha value is -0.940. The molecular formula is C13H16ClFN2OS. The highest BCUT2D eigenvalue weighted by Gasteiger charge is 2.17. The molecule has 104 valence electrons. The molecule has 0 spiro atoms. The number of fused-ring (bicyclic) bond motifs is 1. The Bertz CT molecular complexity index is 588. The molecule has 0 aliphatic heterocycles. The molecule has 0 bridgehead atoms. The first-order valence-electron chi connectivity index (χ1n) is 5.91. The van der Waals surface area contributed by atoms with E-state index in [0.29, 0.717) is 11.4 Å². The molecule has 0 saturated heterocycles. The minimum absolute atomic E-state index is 0.228. The summed E-state index contributed by atoms with van der Waals surface area (Å²) in [5.74, 6) is 1.82. The van der Waals surface area contributed by atoms with Crippen molar-refractivity contribution >= 4 is 34.4 Å². The minimum atomic E-state index is -0.404. The highest BCUT2D eigenvalue weighted by atomic mass is 35.5. The van der Waals surface area contributed by atoms with Crippen LogP contribution in [0.4, 0.5) is 4.39 Å². The summed E-state index contributed by atoms with van der Waals surface area (Å²) in [6.07, 6.45) is 2.05. The summed E-state index contributed by atoms with van der Waals surface area (Å²) in [7, 11) is 1.46. The average molecular weight is 303 g/mol. The van der Waals surface area contributed by atoms with Crippen LogP contribution >= 0.6 is 23.4 Å². The van der Waals surface area contributed by atoms with Gasteiger partial charge in [0.15, 0.2) is 11.6 Å². The molecule has 2 aromatic rings. The molecule has 0 fully saturated rings. The zero-order valence-corrected chi connectivity index (χ0v) is 12.7. The van der Waals surface area contributed by atoms with Gasteiger partial charge in [-0.3, -0.25) is 0 Å². The normalized spacial score (nSPS) is 12.9. The second kappa shape index (κ2) is 6.01. The van der Waals surface area contributed by atoms with E-state index >= 15 is 0 Å². The van der Waals surface area contributed by atoms with Crippen molar-refractivity contribution in [3.05, 3.63) is 23.8 Å². The van der Waals surface area contributed by atoms with Gasteiger partial charge in [-0.1, -0.05) is 0 Å². The Morgan fingerprint density at radius 2 is 2.26 bits per heavy atom. The standard InChI is InChI=1S/C13H16ClFN2OS/c1-8(7-19-3)17-11-5-12(18-2)9(15)4-10(11)16-13(17)6-14/h4-5,8H,6-7H2,1-3H3. The van der Waals surface area contributed by atoms with Gasteiger partial charge >= 0.3 is 0 Å². The van der Waals surface area contributed by atoms with Crippen LogP contribution in [0, 0.1) is 5.82 Å². The lowest BCUT2D eigenvalue weighted by Gasteiger charge is -2.16. The van der Waals surface area contributed by atoms with E-state index in [1.807, 2.05) is 0 Å². The molecule has 1 aromatic heterocycles. The number of rotatable bonds is 5. The van der Waals surface area contributed by atoms with Gasteiger partial charge < -0.3 is 9.30 Å². The molecule has 2 rings (SSSR count). The second-order valence-corrected chi connectivity index (χ2v) is 5.49. The molecule has 3 nitrogen and oxygen atoms in total. The van der Waals surface area contributed by atoms with Gasteiger partial charge in [-0.05, 0) is 13.2 Å². The molecule has 0 amide bonds. The predicted molar refractivity (Wildman–Crippen MR) is 78.9 cm³/mol. The van der Waals surface area contributed by atoms with Gasteiger partial charge in [0.1, 0.15) is 5.82 Å². The van der Waals surface area contributed by atoms with Crippen LogP contribution in [0.15, 0.2) is 12.1 Å². The first kappa shape index (κ1) is 14.5. The molecule has 19 heavy (non-hydrogen) atoms. The van der Waals surface area contributed by atoms with E-state index in [9.17, 15) is 4.39 Å². The number of hydrogen-bond acceptors (Lipinski definition) is 3. The Morgan fingerprint density at radius 3 is 2.84 bits per heavy atom. The highest BCUT2D eigenvalue weighted by Crippen LogP contribution is 2.29. The van der Waals surface area contributed by atoms with Crippen molar-refractivity contribution in [2.75, 3.05) is 19.1 Å². The van der Waals surface area contributed by atoms with Crippen molar-refractivity contribution < 1.29 is 9.13 Å². The van der Waals surface area contributed by atoms with Crippen LogP contribution in [0.2, 0.25) is 0 Å². The maximum atomic E-state index is 13.7. The van der Waals surface area contributed by atoms with Gasteiger partial charge in [-0.2, -0.15) is 11.8 Å². The van der Waals surface area contributed by atoms with Crippen LogP contribution in [-0.4, -0.2) is 28.7 Å². The molecule has 0 aliphatic rings. The molecule has 0 saturated carbocycles. The maximum Gasteiger partial charge on any atom is 0.167 e. The molecule has 1 unspecified atom stereocenters. The van der Waals surface area contributed by atoms with E-state index < -0.39 is 5.82 Å². The molecule has 1 heterocycles. The van der Waals surface area contributed by atoms with Gasteiger partial charge in [-0.25, -0.2) is 9.37 Å². The smallest absolute Gasteiger partial charge is 0.167 e. The quantitative estimate of drug-likeness (QED) is 0.785. The van der Waals surface area contributed by atoms with E-state index in [-0.39, 0.29) is 11.8 Å². The largest absolute Gasteiger partial charge is 0.494 e. The molecule has 0 N–H and O–H groups in total. The van der Waals surface area contributed by atoms with Crippen molar-refractivity contribution in [3.8, 4) is 5.75 Å². The molecule has 0 radical (unpaired) electrons. The summed E-state index contributed by atoms with van der Waals surface area (Å²) in [5.41, 5.74) is 1.47. The van der Waals surface area contributed by atoms with Gasteiger partial charge in [-0.15, -0.1) is 11.6 Å². The number of aromatic nitrogens is 2. The summed E-state index contributed by atoms with van der Waals surface area (Å²) in [5, 5.41) is 0. The Kier molecular flexibility index (Phi) is 4.58. The number of ether oxygens (including phenoxy) is 1. The lowest BCUT2D eigenvalue weighted by Crippen LogP contribution is -2.10. The first-order chi connectivity index (χ1) is 9.12. The second-order valence-electron chi connectivity index (χ2n) is 4.31. The van der Waals surface area contributed by atoms with Crippen LogP contribution in [0.1, 0.15) is 18.8 Å². The van der Waals surface area contributed by atoms with E-state index in [4.69, 9.17) is 16.3 Å². The van der Waals surface area contributed by atoms with Crippen molar-refractivity contribution in [2.45, 2.75) is 18.8 Å². The van der Waals surface area contributed by atoms with Gasteiger partial charge in [0, 0.05) is 23.9 Å². The van der Waals surface area contributed by atoms with Crippen molar-refractivity contribution in [1.82, 2.24) is 9.55 Å². The topological polar surface area (TPSA) is 27.1 Å². The summed E-state index contributed by atoms with van der Waals surface area (Å²) in [4.78, 5) is 4.40. The summed E-state index contributed by atoms with van der Waals surface area (Å²) >= 11 is 7.70. The Balaban J connectivity index is 2.64. The van der Waals surface area contributed by atoms with E-state index in [2.05, 4.69) is 22.7 Å². The third kappa shape index (κ3) is 2.67. The van der Waals surface area contributed by atoms with Crippen molar-refractivity contribution in [1.29, 1.82) is 0 Å². The zero-order chi connectivity index (χ0) is 14.0. The Labute approximate surface area is 121 Å². The maximum absolute atomic E-state index is 13.7. The van der Waals surface area contributed by atoms with Gasteiger partial charge in [0.2, 0.25) is 0 Å². The highest BCUT2D eigenvalue weighted by molar-refractivity contribution is 7.98. The third-order valence-electron chi connectivity index (χ3n) is 3.00. The SMILES string of the molecule is COc1cc2c(cc1F)nc(CCl)n2C(C)CSC. The summed E-state index contributed by atoms with van der Waals surface area (Å²) < 4.78 is 20.8. The fourth-order valence-corrected chi connectivity index (χ4v) is 3.02. The van der Waals surface area contributed by atoms with Crippen LogP contribution < -0.4 is 4.74 Å². The van der Waals surface area contributed by atoms with Gasteiger partial charge in [0.05, 0.1) is 24.0 Å². The molecule has 0 aliphatic carbocycles. The molecular weight excluding hydrogens is 287 g/mol.